The number of aromatic amines is 1. The maximum absolute atomic E-state index is 9.41. The van der Waals surface area contributed by atoms with E-state index in [0.717, 1.165) is 27.6 Å². The lowest BCUT2D eigenvalue weighted by Crippen LogP contribution is -1.80. The Labute approximate surface area is 133 Å². The van der Waals surface area contributed by atoms with Crippen LogP contribution in [0.4, 0.5) is 0 Å². The summed E-state index contributed by atoms with van der Waals surface area (Å²) in [5, 5.41) is 10.4. The maximum Gasteiger partial charge on any atom is 0.228 e. The van der Waals surface area contributed by atoms with Gasteiger partial charge in [0.25, 0.3) is 0 Å². The van der Waals surface area contributed by atoms with Gasteiger partial charge >= 0.3 is 0 Å². The number of aromatic nitrogens is 2. The molecule has 0 radical (unpaired) electrons. The average Bonchev–Trinajstić information content (AvgIpc) is 3.19. The van der Waals surface area contributed by atoms with E-state index in [2.05, 4.69) is 16.0 Å². The molecule has 0 bridgehead atoms. The summed E-state index contributed by atoms with van der Waals surface area (Å²) in [5.74, 6) is 0.961. The van der Waals surface area contributed by atoms with Crippen molar-refractivity contribution < 1.29 is 4.42 Å². The summed E-state index contributed by atoms with van der Waals surface area (Å²) in [7, 11) is 0. The van der Waals surface area contributed by atoms with Gasteiger partial charge in [0.15, 0.2) is 11.5 Å². The Morgan fingerprint density at radius 3 is 2.65 bits per heavy atom. The molecule has 0 aliphatic rings. The molecule has 0 saturated heterocycles. The first-order valence-corrected chi connectivity index (χ1v) is 7.31. The van der Waals surface area contributed by atoms with Gasteiger partial charge in [0, 0.05) is 28.2 Å². The minimum absolute atomic E-state index is 0.297. The molecule has 4 nitrogen and oxygen atoms in total. The van der Waals surface area contributed by atoms with Gasteiger partial charge in [0.2, 0.25) is 5.89 Å². The van der Waals surface area contributed by atoms with E-state index in [0.29, 0.717) is 17.3 Å². The zero-order valence-corrected chi connectivity index (χ0v) is 12.5. The van der Waals surface area contributed by atoms with Crippen LogP contribution in [0, 0.1) is 18.3 Å². The molecule has 0 fully saturated rings. The van der Waals surface area contributed by atoms with Crippen molar-refractivity contribution in [3.05, 3.63) is 66.0 Å². The molecule has 23 heavy (non-hydrogen) atoms. The second kappa shape index (κ2) is 5.15. The summed E-state index contributed by atoms with van der Waals surface area (Å²) in [6, 6.07) is 17.9. The van der Waals surface area contributed by atoms with Crippen molar-refractivity contribution in [1.82, 2.24) is 9.97 Å². The van der Waals surface area contributed by atoms with Crippen LogP contribution in [-0.4, -0.2) is 9.97 Å². The molecule has 0 amide bonds. The van der Waals surface area contributed by atoms with Gasteiger partial charge in [-0.1, -0.05) is 35.9 Å². The van der Waals surface area contributed by atoms with Crippen molar-refractivity contribution in [2.75, 3.05) is 0 Å². The number of aryl methyl sites for hydroxylation is 1. The Kier molecular flexibility index (Phi) is 2.99. The fourth-order valence-corrected chi connectivity index (χ4v) is 2.66. The standard InChI is InChI=1S/C19H13N3O/c1-12-6-8-13(9-7-12)19-22-17(10-20)18(23-19)15-11-21-16-5-3-2-4-14(15)16/h2-9,11,21H,1H3. The quantitative estimate of drug-likeness (QED) is 0.585. The van der Waals surface area contributed by atoms with Crippen LogP contribution in [0.25, 0.3) is 33.7 Å². The van der Waals surface area contributed by atoms with Gasteiger partial charge < -0.3 is 9.40 Å². The molecule has 2 aromatic heterocycles. The molecule has 4 heteroatoms. The van der Waals surface area contributed by atoms with Crippen molar-refractivity contribution in [3.63, 3.8) is 0 Å². The summed E-state index contributed by atoms with van der Waals surface area (Å²) in [4.78, 5) is 7.55. The van der Waals surface area contributed by atoms with Crippen LogP contribution in [0.3, 0.4) is 0 Å². The molecule has 1 N–H and O–H groups in total. The van der Waals surface area contributed by atoms with E-state index in [4.69, 9.17) is 4.42 Å². The van der Waals surface area contributed by atoms with Crippen LogP contribution in [0.5, 0.6) is 0 Å². The predicted octanol–water partition coefficient (Wildman–Crippen LogP) is 4.67. The second-order valence-electron chi connectivity index (χ2n) is 5.42. The third-order valence-corrected chi connectivity index (χ3v) is 3.87. The van der Waals surface area contributed by atoms with Gasteiger partial charge in [0.1, 0.15) is 6.07 Å². The number of nitrogens with zero attached hydrogens (tertiary/aromatic N) is 2. The Morgan fingerprint density at radius 2 is 1.87 bits per heavy atom. The molecule has 0 spiro atoms. The van der Waals surface area contributed by atoms with Crippen molar-refractivity contribution in [2.24, 2.45) is 0 Å². The van der Waals surface area contributed by atoms with Gasteiger partial charge in [-0.05, 0) is 25.1 Å². The number of nitriles is 1. The zero-order valence-electron chi connectivity index (χ0n) is 12.5. The fraction of sp³-hybridized carbons (Fsp3) is 0.0526. The van der Waals surface area contributed by atoms with Gasteiger partial charge in [-0.3, -0.25) is 0 Å². The van der Waals surface area contributed by atoms with E-state index < -0.39 is 0 Å². The summed E-state index contributed by atoms with van der Waals surface area (Å²) < 4.78 is 5.93. The summed E-state index contributed by atoms with van der Waals surface area (Å²) in [5.41, 5.74) is 4.17. The van der Waals surface area contributed by atoms with Crippen LogP contribution in [-0.2, 0) is 0 Å². The van der Waals surface area contributed by atoms with Gasteiger partial charge in [-0.2, -0.15) is 10.2 Å². The highest BCUT2D eigenvalue weighted by atomic mass is 16.4. The number of para-hydroxylation sites is 1. The van der Waals surface area contributed by atoms with Crippen LogP contribution in [0.1, 0.15) is 11.3 Å². The van der Waals surface area contributed by atoms with Crippen LogP contribution >= 0.6 is 0 Å². The van der Waals surface area contributed by atoms with Gasteiger partial charge in [-0.15, -0.1) is 0 Å². The minimum atomic E-state index is 0.297. The largest absolute Gasteiger partial charge is 0.435 e. The predicted molar refractivity (Wildman–Crippen MR) is 88.7 cm³/mol. The molecule has 0 aliphatic heterocycles. The Balaban J connectivity index is 1.89. The highest BCUT2D eigenvalue weighted by Gasteiger charge is 2.18. The molecular formula is C19H13N3O. The first-order valence-electron chi connectivity index (χ1n) is 7.31. The summed E-state index contributed by atoms with van der Waals surface area (Å²) in [6.07, 6.45) is 1.85. The lowest BCUT2D eigenvalue weighted by atomic mass is 10.1. The SMILES string of the molecule is Cc1ccc(-c2nc(C#N)c(-c3c[nH]c4ccccc34)o2)cc1. The lowest BCUT2D eigenvalue weighted by Gasteiger charge is -1.97. The van der Waals surface area contributed by atoms with E-state index in [1.54, 1.807) is 0 Å². The Bertz CT molecular complexity index is 1030. The molecule has 0 aliphatic carbocycles. The monoisotopic (exact) mass is 299 g/mol. The molecule has 4 aromatic rings. The topological polar surface area (TPSA) is 65.6 Å². The van der Waals surface area contributed by atoms with E-state index >= 15 is 0 Å². The third-order valence-electron chi connectivity index (χ3n) is 3.87. The van der Waals surface area contributed by atoms with E-state index in [-0.39, 0.29) is 0 Å². The molecule has 0 unspecified atom stereocenters. The van der Waals surface area contributed by atoms with Crippen LogP contribution in [0.2, 0.25) is 0 Å². The number of hydrogen-bond donors (Lipinski definition) is 1. The Morgan fingerprint density at radius 1 is 1.09 bits per heavy atom. The molecule has 4 rings (SSSR count). The maximum atomic E-state index is 9.41. The highest BCUT2D eigenvalue weighted by Crippen LogP contribution is 2.34. The molecule has 0 saturated carbocycles. The zero-order chi connectivity index (χ0) is 15.8. The molecule has 110 valence electrons. The third kappa shape index (κ3) is 2.19. The summed E-state index contributed by atoms with van der Waals surface area (Å²) >= 11 is 0. The van der Waals surface area contributed by atoms with E-state index in [1.807, 2.05) is 61.7 Å². The molecular weight excluding hydrogens is 286 g/mol. The first kappa shape index (κ1) is 13.4. The van der Waals surface area contributed by atoms with Crippen molar-refractivity contribution >= 4 is 10.9 Å². The number of rotatable bonds is 2. The number of fused-ring (bicyclic) bond motifs is 1. The average molecular weight is 299 g/mol. The first-order chi connectivity index (χ1) is 11.3. The molecule has 2 aromatic carbocycles. The molecule has 0 atom stereocenters. The normalized spacial score (nSPS) is 10.8. The number of benzene rings is 2. The van der Waals surface area contributed by atoms with Crippen molar-refractivity contribution in [1.29, 1.82) is 5.26 Å². The number of nitrogens with one attached hydrogen (secondary N) is 1. The Hall–Kier alpha value is -3.32. The highest BCUT2D eigenvalue weighted by molar-refractivity contribution is 5.95. The van der Waals surface area contributed by atoms with E-state index in [1.165, 1.54) is 0 Å². The lowest BCUT2D eigenvalue weighted by molar-refractivity contribution is 0.589. The number of H-pyrrole nitrogens is 1. The van der Waals surface area contributed by atoms with Crippen LogP contribution < -0.4 is 0 Å². The van der Waals surface area contributed by atoms with Gasteiger partial charge in [0.05, 0.1) is 0 Å². The number of hydrogen-bond acceptors (Lipinski definition) is 3. The number of oxazole rings is 1. The van der Waals surface area contributed by atoms with Gasteiger partial charge in [-0.25, -0.2) is 0 Å². The van der Waals surface area contributed by atoms with E-state index in [9.17, 15) is 5.26 Å². The fourth-order valence-electron chi connectivity index (χ4n) is 2.66. The van der Waals surface area contributed by atoms with Crippen molar-refractivity contribution in [3.8, 4) is 28.8 Å². The summed E-state index contributed by atoms with van der Waals surface area (Å²) in [6.45, 7) is 2.03. The van der Waals surface area contributed by atoms with Crippen molar-refractivity contribution in [2.45, 2.75) is 6.92 Å². The minimum Gasteiger partial charge on any atom is -0.435 e. The molecule has 2 heterocycles. The van der Waals surface area contributed by atoms with Crippen LogP contribution in [0.15, 0.2) is 59.1 Å². The second-order valence-corrected chi connectivity index (χ2v) is 5.42. The smallest absolute Gasteiger partial charge is 0.228 e.